The quantitative estimate of drug-likeness (QED) is 0.832. The molecule has 0 saturated heterocycles. The number of aromatic nitrogens is 4. The Hall–Kier alpha value is -1.66. The molecule has 1 aliphatic rings. The van der Waals surface area contributed by atoms with Crippen molar-refractivity contribution < 1.29 is 4.74 Å². The van der Waals surface area contributed by atoms with Crippen LogP contribution in [0.15, 0.2) is 18.6 Å². The van der Waals surface area contributed by atoms with E-state index in [1.807, 2.05) is 29.7 Å². The number of hydrogen-bond acceptors (Lipinski definition) is 4. The molecule has 108 valence electrons. The van der Waals surface area contributed by atoms with Crippen molar-refractivity contribution in [3.8, 4) is 0 Å². The largest absolute Gasteiger partial charge is 0.384 e. The van der Waals surface area contributed by atoms with Crippen LogP contribution in [-0.2, 0) is 31.9 Å². The van der Waals surface area contributed by atoms with Gasteiger partial charge in [0.25, 0.3) is 0 Å². The highest BCUT2D eigenvalue weighted by atomic mass is 16.5. The van der Waals surface area contributed by atoms with Crippen LogP contribution in [0.4, 0.5) is 0 Å². The number of methoxy groups -OCH3 is 1. The zero-order chi connectivity index (χ0) is 14.1. The first kappa shape index (κ1) is 13.3. The van der Waals surface area contributed by atoms with Crippen LogP contribution >= 0.6 is 0 Å². The van der Waals surface area contributed by atoms with Crippen LogP contribution in [0.5, 0.6) is 0 Å². The van der Waals surface area contributed by atoms with E-state index in [0.29, 0.717) is 12.5 Å². The molecule has 20 heavy (non-hydrogen) atoms. The summed E-state index contributed by atoms with van der Waals surface area (Å²) in [5, 5.41) is 8.83. The fraction of sp³-hybridized carbons (Fsp3) is 0.571. The molecule has 3 heterocycles. The molecular formula is C14H21N5O. The van der Waals surface area contributed by atoms with Crippen molar-refractivity contribution in [2.24, 2.45) is 14.1 Å². The first-order chi connectivity index (χ1) is 9.65. The third-order valence-electron chi connectivity index (χ3n) is 3.73. The molecule has 2 aromatic heterocycles. The molecule has 0 unspecified atom stereocenters. The van der Waals surface area contributed by atoms with E-state index in [-0.39, 0.29) is 0 Å². The molecule has 0 saturated carbocycles. The van der Waals surface area contributed by atoms with Crippen molar-refractivity contribution in [1.82, 2.24) is 24.5 Å². The lowest BCUT2D eigenvalue weighted by Gasteiger charge is -2.31. The van der Waals surface area contributed by atoms with Gasteiger partial charge >= 0.3 is 0 Å². The summed E-state index contributed by atoms with van der Waals surface area (Å²) in [6.45, 7) is 3.56. The van der Waals surface area contributed by atoms with Crippen LogP contribution in [-0.4, -0.2) is 44.7 Å². The van der Waals surface area contributed by atoms with Crippen molar-refractivity contribution >= 4 is 0 Å². The zero-order valence-electron chi connectivity index (χ0n) is 12.3. The lowest BCUT2D eigenvalue weighted by molar-refractivity contribution is 0.134. The summed E-state index contributed by atoms with van der Waals surface area (Å²) in [7, 11) is 5.68. The van der Waals surface area contributed by atoms with Gasteiger partial charge in [0.2, 0.25) is 0 Å². The van der Waals surface area contributed by atoms with E-state index < -0.39 is 0 Å². The van der Waals surface area contributed by atoms with Gasteiger partial charge in [0.05, 0.1) is 18.5 Å². The monoisotopic (exact) mass is 275 g/mol. The molecule has 0 radical (unpaired) electrons. The van der Waals surface area contributed by atoms with Crippen molar-refractivity contribution in [1.29, 1.82) is 0 Å². The van der Waals surface area contributed by atoms with Crippen LogP contribution in [0, 0.1) is 0 Å². The number of rotatable bonds is 4. The van der Waals surface area contributed by atoms with Gasteiger partial charge in [0.1, 0.15) is 0 Å². The third-order valence-corrected chi connectivity index (χ3v) is 3.73. The molecule has 0 spiro atoms. The Morgan fingerprint density at radius 1 is 1.30 bits per heavy atom. The van der Waals surface area contributed by atoms with Gasteiger partial charge in [0.15, 0.2) is 0 Å². The summed E-state index contributed by atoms with van der Waals surface area (Å²) < 4.78 is 9.11. The SMILES string of the molecule is COC[C@@H]1CN(Cc2cnn(C)c2)Cc2cn(C)nc21. The lowest BCUT2D eigenvalue weighted by atomic mass is 9.97. The molecule has 0 fully saturated rings. The van der Waals surface area contributed by atoms with E-state index in [9.17, 15) is 0 Å². The fourth-order valence-electron chi connectivity index (χ4n) is 2.99. The lowest BCUT2D eigenvalue weighted by Crippen LogP contribution is -2.34. The Morgan fingerprint density at radius 3 is 2.85 bits per heavy atom. The summed E-state index contributed by atoms with van der Waals surface area (Å²) in [6.07, 6.45) is 6.13. The Kier molecular flexibility index (Phi) is 3.58. The van der Waals surface area contributed by atoms with Crippen LogP contribution < -0.4 is 0 Å². The molecule has 0 amide bonds. The topological polar surface area (TPSA) is 48.1 Å². The van der Waals surface area contributed by atoms with Gasteiger partial charge in [-0.1, -0.05) is 0 Å². The van der Waals surface area contributed by atoms with Crippen molar-refractivity contribution in [2.45, 2.75) is 19.0 Å². The van der Waals surface area contributed by atoms with E-state index in [1.54, 1.807) is 7.11 Å². The minimum Gasteiger partial charge on any atom is -0.384 e. The highest BCUT2D eigenvalue weighted by Gasteiger charge is 2.28. The molecule has 6 heteroatoms. The minimum absolute atomic E-state index is 0.349. The maximum absolute atomic E-state index is 5.36. The summed E-state index contributed by atoms with van der Waals surface area (Å²) in [5.74, 6) is 0.349. The number of ether oxygens (including phenoxy) is 1. The summed E-state index contributed by atoms with van der Waals surface area (Å²) >= 11 is 0. The third kappa shape index (κ3) is 2.62. The summed E-state index contributed by atoms with van der Waals surface area (Å²) in [5.41, 5.74) is 3.75. The predicted octanol–water partition coefficient (Wildman–Crippen LogP) is 0.899. The number of nitrogens with zero attached hydrogens (tertiary/aromatic N) is 5. The number of fused-ring (bicyclic) bond motifs is 1. The smallest absolute Gasteiger partial charge is 0.0736 e. The van der Waals surface area contributed by atoms with E-state index in [4.69, 9.17) is 4.74 Å². The van der Waals surface area contributed by atoms with Crippen LogP contribution in [0.1, 0.15) is 22.7 Å². The molecule has 1 aliphatic heterocycles. The first-order valence-corrected chi connectivity index (χ1v) is 6.87. The molecule has 3 rings (SSSR count). The molecule has 0 bridgehead atoms. The highest BCUT2D eigenvalue weighted by Crippen LogP contribution is 2.28. The van der Waals surface area contributed by atoms with Gasteiger partial charge in [-0.25, -0.2) is 0 Å². The standard InChI is InChI=1S/C14H21N5O/c1-17-5-11(4-15-17)6-19-8-12-7-18(2)16-14(12)13(9-19)10-20-3/h4-5,7,13H,6,8-10H2,1-3H3/t13-/m0/s1. The molecular weight excluding hydrogens is 254 g/mol. The van der Waals surface area contributed by atoms with Gasteiger partial charge in [-0.2, -0.15) is 10.2 Å². The predicted molar refractivity (Wildman–Crippen MR) is 75.1 cm³/mol. The second kappa shape index (κ2) is 5.38. The van der Waals surface area contributed by atoms with Crippen molar-refractivity contribution in [3.05, 3.63) is 35.4 Å². The Morgan fingerprint density at radius 2 is 2.15 bits per heavy atom. The van der Waals surface area contributed by atoms with Crippen LogP contribution in [0.3, 0.4) is 0 Å². The van der Waals surface area contributed by atoms with Gasteiger partial charge in [-0.15, -0.1) is 0 Å². The van der Waals surface area contributed by atoms with E-state index in [2.05, 4.69) is 27.5 Å². The first-order valence-electron chi connectivity index (χ1n) is 6.87. The summed E-state index contributed by atoms with van der Waals surface area (Å²) in [4.78, 5) is 2.44. The molecule has 0 aliphatic carbocycles. The Bertz CT molecular complexity index is 588. The molecule has 1 atom stereocenters. The van der Waals surface area contributed by atoms with E-state index in [0.717, 1.165) is 19.6 Å². The van der Waals surface area contributed by atoms with Gasteiger partial charge in [-0.05, 0) is 0 Å². The van der Waals surface area contributed by atoms with E-state index in [1.165, 1.54) is 16.8 Å². The average molecular weight is 275 g/mol. The normalized spacial score (nSPS) is 19.2. The van der Waals surface area contributed by atoms with Gasteiger partial charge in [0, 0.05) is 70.3 Å². The highest BCUT2D eigenvalue weighted by molar-refractivity contribution is 5.25. The second-order valence-corrected chi connectivity index (χ2v) is 5.56. The molecule has 6 nitrogen and oxygen atoms in total. The molecule has 0 N–H and O–H groups in total. The number of aryl methyl sites for hydroxylation is 2. The Labute approximate surface area is 118 Å². The number of hydrogen-bond donors (Lipinski definition) is 0. The van der Waals surface area contributed by atoms with Gasteiger partial charge < -0.3 is 4.74 Å². The maximum Gasteiger partial charge on any atom is 0.0736 e. The van der Waals surface area contributed by atoms with Crippen molar-refractivity contribution in [2.75, 3.05) is 20.3 Å². The van der Waals surface area contributed by atoms with Gasteiger partial charge in [-0.3, -0.25) is 14.3 Å². The zero-order valence-corrected chi connectivity index (χ0v) is 12.3. The fourth-order valence-corrected chi connectivity index (χ4v) is 2.99. The minimum atomic E-state index is 0.349. The second-order valence-electron chi connectivity index (χ2n) is 5.56. The molecule has 2 aromatic rings. The van der Waals surface area contributed by atoms with Crippen LogP contribution in [0.2, 0.25) is 0 Å². The average Bonchev–Trinajstić information content (AvgIpc) is 2.95. The van der Waals surface area contributed by atoms with Crippen LogP contribution in [0.25, 0.3) is 0 Å². The van der Waals surface area contributed by atoms with E-state index >= 15 is 0 Å². The summed E-state index contributed by atoms with van der Waals surface area (Å²) in [6, 6.07) is 0. The maximum atomic E-state index is 5.36. The molecule has 0 aromatic carbocycles. The van der Waals surface area contributed by atoms with Crippen molar-refractivity contribution in [3.63, 3.8) is 0 Å². The Balaban J connectivity index is 1.78.